The highest BCUT2D eigenvalue weighted by Gasteiger charge is 2.23. The highest BCUT2D eigenvalue weighted by molar-refractivity contribution is 9.09. The summed E-state index contributed by atoms with van der Waals surface area (Å²) in [6.07, 6.45) is 0.950. The third-order valence-corrected chi connectivity index (χ3v) is 5.63. The van der Waals surface area contributed by atoms with Crippen molar-refractivity contribution in [3.63, 3.8) is 0 Å². The zero-order chi connectivity index (χ0) is 12.7. The zero-order valence-electron chi connectivity index (χ0n) is 9.87. The van der Waals surface area contributed by atoms with Crippen molar-refractivity contribution in [3.8, 4) is 5.75 Å². The lowest BCUT2D eigenvalue weighted by molar-refractivity contribution is 0.354. The minimum atomic E-state index is 0.154. The van der Waals surface area contributed by atoms with Crippen LogP contribution < -0.4 is 4.74 Å². The van der Waals surface area contributed by atoms with E-state index in [4.69, 9.17) is 16.3 Å². The molecule has 4 heteroatoms. The predicted octanol–water partition coefficient (Wildman–Crippen LogP) is 5.13. The molecule has 0 spiro atoms. The Bertz CT molecular complexity index is 593. The molecule has 0 saturated heterocycles. The number of aryl methyl sites for hydroxylation is 1. The maximum Gasteiger partial charge on any atom is 0.127 e. The fourth-order valence-electron chi connectivity index (χ4n) is 2.23. The van der Waals surface area contributed by atoms with E-state index in [9.17, 15) is 0 Å². The summed E-state index contributed by atoms with van der Waals surface area (Å²) in [7, 11) is 0. The summed E-state index contributed by atoms with van der Waals surface area (Å²) in [6.45, 7) is 2.87. The van der Waals surface area contributed by atoms with E-state index in [0.29, 0.717) is 0 Å². The number of alkyl halides is 1. The van der Waals surface area contributed by atoms with Gasteiger partial charge < -0.3 is 4.74 Å². The van der Waals surface area contributed by atoms with Crippen molar-refractivity contribution >= 4 is 38.9 Å². The zero-order valence-corrected chi connectivity index (χ0v) is 13.0. The first-order valence-electron chi connectivity index (χ1n) is 5.80. The Balaban J connectivity index is 2.06. The van der Waals surface area contributed by atoms with Crippen LogP contribution in [0.25, 0.3) is 0 Å². The second-order valence-electron chi connectivity index (χ2n) is 4.39. The van der Waals surface area contributed by atoms with Crippen LogP contribution in [0.5, 0.6) is 5.75 Å². The first kappa shape index (κ1) is 12.5. The van der Waals surface area contributed by atoms with Crippen LogP contribution in [-0.4, -0.2) is 6.61 Å². The number of halogens is 2. The number of ether oxygens (including phenoxy) is 1. The minimum Gasteiger partial charge on any atom is -0.493 e. The second kappa shape index (κ2) is 4.87. The number of thiophene rings is 1. The lowest BCUT2D eigenvalue weighted by atomic mass is 10.0. The molecule has 1 aliphatic rings. The van der Waals surface area contributed by atoms with Gasteiger partial charge in [0.25, 0.3) is 0 Å². The first-order chi connectivity index (χ1) is 8.65. The summed E-state index contributed by atoms with van der Waals surface area (Å²) >= 11 is 11.8. The summed E-state index contributed by atoms with van der Waals surface area (Å²) in [5.41, 5.74) is 2.35. The van der Waals surface area contributed by atoms with Crippen LogP contribution >= 0.6 is 38.9 Å². The average molecular weight is 344 g/mol. The van der Waals surface area contributed by atoms with Gasteiger partial charge in [-0.3, -0.25) is 0 Å². The Labute approximate surface area is 124 Å². The van der Waals surface area contributed by atoms with Crippen LogP contribution in [0.2, 0.25) is 5.02 Å². The van der Waals surface area contributed by atoms with Crippen molar-refractivity contribution in [1.29, 1.82) is 0 Å². The van der Waals surface area contributed by atoms with E-state index < -0.39 is 0 Å². The molecule has 0 bridgehead atoms. The molecule has 1 unspecified atom stereocenters. The second-order valence-corrected chi connectivity index (χ2v) is 7.06. The Morgan fingerprint density at radius 3 is 2.94 bits per heavy atom. The Kier molecular flexibility index (Phi) is 3.39. The molecule has 0 amide bonds. The Hall–Kier alpha value is -0.510. The van der Waals surface area contributed by atoms with E-state index in [2.05, 4.69) is 35.0 Å². The van der Waals surface area contributed by atoms with Gasteiger partial charge in [0.1, 0.15) is 5.75 Å². The summed E-state index contributed by atoms with van der Waals surface area (Å²) in [6, 6.07) is 8.30. The maximum atomic E-state index is 6.19. The smallest absolute Gasteiger partial charge is 0.127 e. The van der Waals surface area contributed by atoms with Crippen molar-refractivity contribution in [2.75, 3.05) is 6.61 Å². The summed E-state index contributed by atoms with van der Waals surface area (Å²) in [5, 5.41) is 0.784. The van der Waals surface area contributed by atoms with Gasteiger partial charge in [0.15, 0.2) is 0 Å². The first-order valence-corrected chi connectivity index (χ1v) is 7.91. The standard InChI is InChI=1S/C14H12BrClOS/c1-8-2-3-12(18-8)13(15)11-7-10(16)6-9-4-5-17-14(9)11/h2-3,6-7,13H,4-5H2,1H3. The lowest BCUT2D eigenvalue weighted by Gasteiger charge is -2.13. The molecule has 0 saturated carbocycles. The van der Waals surface area contributed by atoms with E-state index in [0.717, 1.165) is 29.4 Å². The number of fused-ring (bicyclic) bond motifs is 1. The molecule has 1 aromatic carbocycles. The molecule has 18 heavy (non-hydrogen) atoms. The monoisotopic (exact) mass is 342 g/mol. The van der Waals surface area contributed by atoms with Crippen LogP contribution in [-0.2, 0) is 6.42 Å². The normalized spacial score (nSPS) is 15.3. The number of hydrogen-bond donors (Lipinski definition) is 0. The van der Waals surface area contributed by atoms with Gasteiger partial charge in [0.05, 0.1) is 11.4 Å². The quantitative estimate of drug-likeness (QED) is 0.687. The van der Waals surface area contributed by atoms with E-state index >= 15 is 0 Å². The third-order valence-electron chi connectivity index (χ3n) is 3.06. The molecule has 3 rings (SSSR count). The summed E-state index contributed by atoms with van der Waals surface area (Å²) < 4.78 is 5.75. The molecule has 94 valence electrons. The largest absolute Gasteiger partial charge is 0.493 e. The Morgan fingerprint density at radius 1 is 1.39 bits per heavy atom. The summed E-state index contributed by atoms with van der Waals surface area (Å²) in [5.74, 6) is 1.01. The fourth-order valence-corrected chi connectivity index (χ4v) is 4.13. The van der Waals surface area contributed by atoms with Crippen LogP contribution in [0.1, 0.15) is 25.7 Å². The van der Waals surface area contributed by atoms with E-state index in [1.165, 1.54) is 15.3 Å². The predicted molar refractivity (Wildman–Crippen MR) is 80.5 cm³/mol. The van der Waals surface area contributed by atoms with Gasteiger partial charge in [-0.25, -0.2) is 0 Å². The third kappa shape index (κ3) is 2.20. The molecular formula is C14H12BrClOS. The summed E-state index contributed by atoms with van der Waals surface area (Å²) in [4.78, 5) is 2.75. The van der Waals surface area contributed by atoms with Crippen molar-refractivity contribution in [2.45, 2.75) is 18.2 Å². The van der Waals surface area contributed by atoms with Crippen molar-refractivity contribution in [1.82, 2.24) is 0 Å². The van der Waals surface area contributed by atoms with Gasteiger partial charge >= 0.3 is 0 Å². The molecule has 1 aliphatic heterocycles. The number of hydrogen-bond acceptors (Lipinski definition) is 2. The van der Waals surface area contributed by atoms with Gasteiger partial charge in [-0.05, 0) is 36.8 Å². The molecule has 1 nitrogen and oxygen atoms in total. The van der Waals surface area contributed by atoms with E-state index in [1.807, 2.05) is 12.1 Å². The molecule has 0 aliphatic carbocycles. The Morgan fingerprint density at radius 2 is 2.22 bits per heavy atom. The number of rotatable bonds is 2. The average Bonchev–Trinajstić information content (AvgIpc) is 2.95. The molecular weight excluding hydrogens is 332 g/mol. The van der Waals surface area contributed by atoms with Crippen molar-refractivity contribution < 1.29 is 4.74 Å². The molecule has 1 atom stereocenters. The van der Waals surface area contributed by atoms with Crippen LogP contribution in [0.3, 0.4) is 0 Å². The molecule has 0 N–H and O–H groups in total. The van der Waals surface area contributed by atoms with E-state index in [1.54, 1.807) is 11.3 Å². The fraction of sp³-hybridized carbons (Fsp3) is 0.286. The maximum absolute atomic E-state index is 6.19. The highest BCUT2D eigenvalue weighted by Crippen LogP contribution is 2.44. The lowest BCUT2D eigenvalue weighted by Crippen LogP contribution is -1.95. The van der Waals surface area contributed by atoms with Crippen LogP contribution in [0, 0.1) is 6.92 Å². The number of benzene rings is 1. The molecule has 0 radical (unpaired) electrons. The van der Waals surface area contributed by atoms with Gasteiger partial charge in [0.2, 0.25) is 0 Å². The van der Waals surface area contributed by atoms with Crippen LogP contribution in [0.15, 0.2) is 24.3 Å². The highest BCUT2D eigenvalue weighted by atomic mass is 79.9. The van der Waals surface area contributed by atoms with Gasteiger partial charge in [0, 0.05) is 26.8 Å². The van der Waals surface area contributed by atoms with Crippen molar-refractivity contribution in [2.24, 2.45) is 0 Å². The molecule has 1 aromatic heterocycles. The van der Waals surface area contributed by atoms with Gasteiger partial charge in [-0.1, -0.05) is 27.5 Å². The van der Waals surface area contributed by atoms with Gasteiger partial charge in [-0.2, -0.15) is 0 Å². The molecule has 2 aromatic rings. The van der Waals surface area contributed by atoms with Crippen LogP contribution in [0.4, 0.5) is 0 Å². The minimum absolute atomic E-state index is 0.154. The van der Waals surface area contributed by atoms with Gasteiger partial charge in [-0.15, -0.1) is 11.3 Å². The molecule has 0 fully saturated rings. The van der Waals surface area contributed by atoms with Crippen molar-refractivity contribution in [3.05, 3.63) is 50.2 Å². The van der Waals surface area contributed by atoms with E-state index in [-0.39, 0.29) is 4.83 Å². The topological polar surface area (TPSA) is 9.23 Å². The SMILES string of the molecule is Cc1ccc(C(Br)c2cc(Cl)cc3c2OCC3)s1. The molecule has 2 heterocycles.